The van der Waals surface area contributed by atoms with Gasteiger partial charge in [-0.15, -0.1) is 11.3 Å². The zero-order chi connectivity index (χ0) is 24.2. The molecule has 34 heavy (non-hydrogen) atoms. The minimum atomic E-state index is 0.387. The molecule has 2 aromatic carbocycles. The van der Waals surface area contributed by atoms with Gasteiger partial charge in [0.15, 0.2) is 17.3 Å². The van der Waals surface area contributed by atoms with Gasteiger partial charge in [0.2, 0.25) is 5.75 Å². The van der Waals surface area contributed by atoms with E-state index in [0.717, 1.165) is 5.56 Å². The molecule has 0 atom stereocenters. The molecule has 0 fully saturated rings. The molecule has 6 nitrogen and oxygen atoms in total. The highest BCUT2D eigenvalue weighted by Gasteiger charge is 2.16. The van der Waals surface area contributed by atoms with Crippen molar-refractivity contribution in [2.24, 2.45) is 0 Å². The number of hydrogen-bond donors (Lipinski definition) is 0. The number of nitrogens with zero attached hydrogens (tertiary/aromatic N) is 2. The second-order valence-corrected chi connectivity index (χ2v) is 8.66. The number of hydrogen-bond acceptors (Lipinski definition) is 7. The summed E-state index contributed by atoms with van der Waals surface area (Å²) in [7, 11) is 4.62. The highest BCUT2D eigenvalue weighted by atomic mass is 35.5. The first kappa shape index (κ1) is 23.7. The molecule has 0 aliphatic heterocycles. The maximum Gasteiger partial charge on any atom is 0.203 e. The molecule has 2 heterocycles. The maximum absolute atomic E-state index is 9.79. The number of aromatic nitrogens is 1. The van der Waals surface area contributed by atoms with Gasteiger partial charge in [-0.1, -0.05) is 23.2 Å². The lowest BCUT2D eigenvalue weighted by atomic mass is 10.1. The van der Waals surface area contributed by atoms with Crippen molar-refractivity contribution in [3.05, 3.63) is 68.5 Å². The van der Waals surface area contributed by atoms with Crippen LogP contribution >= 0.6 is 34.5 Å². The van der Waals surface area contributed by atoms with Crippen molar-refractivity contribution in [3.63, 3.8) is 0 Å². The van der Waals surface area contributed by atoms with Crippen molar-refractivity contribution >= 4 is 46.2 Å². The summed E-state index contributed by atoms with van der Waals surface area (Å²) in [4.78, 5) is 4.60. The van der Waals surface area contributed by atoms with Crippen LogP contribution in [0.4, 0.5) is 0 Å². The number of furan rings is 1. The van der Waals surface area contributed by atoms with Crippen LogP contribution in [0.3, 0.4) is 0 Å². The van der Waals surface area contributed by atoms with Crippen LogP contribution in [0.1, 0.15) is 10.6 Å². The summed E-state index contributed by atoms with van der Waals surface area (Å²) in [5, 5.41) is 13.2. The first-order chi connectivity index (χ1) is 16.5. The topological polar surface area (TPSA) is 77.5 Å². The summed E-state index contributed by atoms with van der Waals surface area (Å²) in [6.07, 6.45) is 1.72. The molecule has 0 spiro atoms. The van der Waals surface area contributed by atoms with Gasteiger partial charge in [0, 0.05) is 16.0 Å². The Morgan fingerprint density at radius 2 is 1.71 bits per heavy atom. The fourth-order valence-corrected chi connectivity index (χ4v) is 4.59. The van der Waals surface area contributed by atoms with Crippen LogP contribution in [0.2, 0.25) is 10.0 Å². The van der Waals surface area contributed by atoms with Gasteiger partial charge in [-0.2, -0.15) is 5.26 Å². The van der Waals surface area contributed by atoms with Crippen molar-refractivity contribution in [1.82, 2.24) is 4.98 Å². The van der Waals surface area contributed by atoms with Gasteiger partial charge >= 0.3 is 0 Å². The second-order valence-electron chi connectivity index (χ2n) is 6.95. The van der Waals surface area contributed by atoms with Gasteiger partial charge < -0.3 is 18.6 Å². The average molecular weight is 513 g/mol. The quantitative estimate of drug-likeness (QED) is 0.239. The summed E-state index contributed by atoms with van der Waals surface area (Å²) in [6, 6.07) is 14.6. The van der Waals surface area contributed by atoms with Crippen LogP contribution in [0.5, 0.6) is 17.2 Å². The molecule has 0 bridgehead atoms. The Morgan fingerprint density at radius 1 is 1.00 bits per heavy atom. The van der Waals surface area contributed by atoms with Crippen LogP contribution in [0.25, 0.3) is 34.4 Å². The summed E-state index contributed by atoms with van der Waals surface area (Å²) in [5.41, 5.74) is 2.44. The Labute approximate surface area is 210 Å². The molecule has 0 saturated heterocycles. The lowest BCUT2D eigenvalue weighted by Crippen LogP contribution is -1.95. The predicted octanol–water partition coefficient (Wildman–Crippen LogP) is 7.47. The normalized spacial score (nSPS) is 11.2. The fraction of sp³-hybridized carbons (Fsp3) is 0.120. The van der Waals surface area contributed by atoms with Crippen molar-refractivity contribution in [2.45, 2.75) is 0 Å². The molecule has 9 heteroatoms. The van der Waals surface area contributed by atoms with Gasteiger partial charge in [-0.25, -0.2) is 4.98 Å². The molecule has 0 N–H and O–H groups in total. The zero-order valence-electron chi connectivity index (χ0n) is 18.4. The molecule has 0 unspecified atom stereocenters. The van der Waals surface area contributed by atoms with Crippen LogP contribution in [-0.2, 0) is 0 Å². The summed E-state index contributed by atoms with van der Waals surface area (Å²) >= 11 is 13.6. The summed E-state index contributed by atoms with van der Waals surface area (Å²) < 4.78 is 22.1. The lowest BCUT2D eigenvalue weighted by molar-refractivity contribution is 0.324. The standard InChI is InChI=1S/C25H18Cl2N2O4S/c1-30-22-9-14(10-23(31-2)24(22)32-3)8-15(12-28)25-29-19(13-34-25)21-7-6-20(33-21)17-5-4-16(26)11-18(17)27/h4-11,13H,1-3H3. The molecule has 0 aliphatic carbocycles. The van der Waals surface area contributed by atoms with Crippen LogP contribution in [0.15, 0.2) is 52.3 Å². The van der Waals surface area contributed by atoms with E-state index in [1.165, 1.54) is 32.7 Å². The van der Waals surface area contributed by atoms with Crippen molar-refractivity contribution in [2.75, 3.05) is 21.3 Å². The number of methoxy groups -OCH3 is 3. The third kappa shape index (κ3) is 4.75. The third-order valence-corrected chi connectivity index (χ3v) is 6.33. The lowest BCUT2D eigenvalue weighted by Gasteiger charge is -2.13. The molecule has 172 valence electrons. The number of nitriles is 1. The Balaban J connectivity index is 1.66. The fourth-order valence-electron chi connectivity index (χ4n) is 3.31. The first-order valence-electron chi connectivity index (χ1n) is 9.90. The molecular weight excluding hydrogens is 495 g/mol. The number of rotatable bonds is 7. The van der Waals surface area contributed by atoms with E-state index in [9.17, 15) is 5.26 Å². The van der Waals surface area contributed by atoms with Gasteiger partial charge in [-0.3, -0.25) is 0 Å². The average Bonchev–Trinajstić information content (AvgIpc) is 3.52. The Morgan fingerprint density at radius 3 is 2.32 bits per heavy atom. The van der Waals surface area contributed by atoms with E-state index in [2.05, 4.69) is 11.1 Å². The summed E-state index contributed by atoms with van der Waals surface area (Å²) in [5.74, 6) is 2.63. The molecule has 0 saturated carbocycles. The smallest absolute Gasteiger partial charge is 0.203 e. The van der Waals surface area contributed by atoms with Crippen LogP contribution in [-0.4, -0.2) is 26.3 Å². The number of benzene rings is 2. The highest BCUT2D eigenvalue weighted by Crippen LogP contribution is 2.40. The van der Waals surface area contributed by atoms with E-state index in [1.807, 2.05) is 17.5 Å². The molecular formula is C25H18Cl2N2O4S. The van der Waals surface area contributed by atoms with Crippen LogP contribution < -0.4 is 14.2 Å². The summed E-state index contributed by atoms with van der Waals surface area (Å²) in [6.45, 7) is 0. The SMILES string of the molecule is COc1cc(C=C(C#N)c2nc(-c3ccc(-c4ccc(Cl)cc4Cl)o3)cs2)cc(OC)c1OC. The van der Waals surface area contributed by atoms with E-state index < -0.39 is 0 Å². The highest BCUT2D eigenvalue weighted by molar-refractivity contribution is 7.11. The first-order valence-corrected chi connectivity index (χ1v) is 11.5. The van der Waals surface area contributed by atoms with Crippen molar-refractivity contribution in [1.29, 1.82) is 5.26 Å². The van der Waals surface area contributed by atoms with Gasteiger partial charge in [-0.05, 0) is 54.1 Å². The Kier molecular flexibility index (Phi) is 7.13. The molecule has 4 aromatic rings. The predicted molar refractivity (Wildman–Crippen MR) is 135 cm³/mol. The van der Waals surface area contributed by atoms with E-state index in [-0.39, 0.29) is 0 Å². The molecule has 0 radical (unpaired) electrons. The molecule has 2 aromatic heterocycles. The largest absolute Gasteiger partial charge is 0.493 e. The van der Waals surface area contributed by atoms with E-state index in [0.29, 0.717) is 60.7 Å². The van der Waals surface area contributed by atoms with Crippen LogP contribution in [0, 0.1) is 11.3 Å². The van der Waals surface area contributed by atoms with E-state index in [1.54, 1.807) is 36.4 Å². The number of allylic oxidation sites excluding steroid dienone is 1. The van der Waals surface area contributed by atoms with Gasteiger partial charge in [0.25, 0.3) is 0 Å². The molecule has 4 rings (SSSR count). The Bertz CT molecular complexity index is 1390. The van der Waals surface area contributed by atoms with Crippen molar-refractivity contribution < 1.29 is 18.6 Å². The van der Waals surface area contributed by atoms with E-state index >= 15 is 0 Å². The second kappa shape index (κ2) is 10.2. The van der Waals surface area contributed by atoms with Gasteiger partial charge in [0.1, 0.15) is 22.5 Å². The minimum Gasteiger partial charge on any atom is -0.493 e. The number of thiazole rings is 1. The monoisotopic (exact) mass is 512 g/mol. The Hall–Kier alpha value is -3.44. The minimum absolute atomic E-state index is 0.387. The zero-order valence-corrected chi connectivity index (χ0v) is 20.7. The van der Waals surface area contributed by atoms with E-state index in [4.69, 9.17) is 41.8 Å². The van der Waals surface area contributed by atoms with Gasteiger partial charge in [0.05, 0.1) is 31.9 Å². The third-order valence-electron chi connectivity index (χ3n) is 4.91. The number of ether oxygens (including phenoxy) is 3. The van der Waals surface area contributed by atoms with Crippen molar-refractivity contribution in [3.8, 4) is 46.1 Å². The number of halogens is 2. The molecule has 0 amide bonds. The molecule has 0 aliphatic rings. The maximum atomic E-state index is 9.79.